The summed E-state index contributed by atoms with van der Waals surface area (Å²) in [7, 11) is 0. The van der Waals surface area contributed by atoms with Crippen LogP contribution >= 0.6 is 0 Å². The van der Waals surface area contributed by atoms with Crippen LogP contribution in [0.3, 0.4) is 0 Å². The molecule has 1 heteroatoms. The monoisotopic (exact) mass is 340 g/mol. The second-order valence-corrected chi connectivity index (χ2v) is 8.30. The number of benzene rings is 1. The van der Waals surface area contributed by atoms with Gasteiger partial charge in [-0.25, -0.2) is 0 Å². The zero-order chi connectivity index (χ0) is 17.5. The topological polar surface area (TPSA) is 9.23 Å². The summed E-state index contributed by atoms with van der Waals surface area (Å²) in [5.74, 6) is 3.73. The number of ether oxygens (including phenoxy) is 1. The lowest BCUT2D eigenvalue weighted by molar-refractivity contribution is 0.134. The summed E-state index contributed by atoms with van der Waals surface area (Å²) in [5.41, 5.74) is 2.85. The van der Waals surface area contributed by atoms with Crippen LogP contribution < -0.4 is 0 Å². The van der Waals surface area contributed by atoms with Crippen LogP contribution in [0.4, 0.5) is 0 Å². The minimum atomic E-state index is 0.748. The minimum absolute atomic E-state index is 0.748. The fourth-order valence-electron chi connectivity index (χ4n) is 5.16. The van der Waals surface area contributed by atoms with E-state index in [9.17, 15) is 0 Å². The third kappa shape index (κ3) is 5.20. The van der Waals surface area contributed by atoms with Gasteiger partial charge >= 0.3 is 0 Å². The van der Waals surface area contributed by atoms with Crippen LogP contribution in [0.25, 0.3) is 0 Å². The Balaban J connectivity index is 1.45. The molecule has 0 bridgehead atoms. The molecule has 0 unspecified atom stereocenters. The van der Waals surface area contributed by atoms with Gasteiger partial charge in [-0.05, 0) is 99.5 Å². The van der Waals surface area contributed by atoms with Crippen molar-refractivity contribution in [3.63, 3.8) is 0 Å². The molecule has 0 amide bonds. The maximum absolute atomic E-state index is 5.50. The lowest BCUT2D eigenvalue weighted by Crippen LogP contribution is -2.25. The summed E-state index contributed by atoms with van der Waals surface area (Å²) >= 11 is 0. The van der Waals surface area contributed by atoms with Crippen LogP contribution in [0.5, 0.6) is 0 Å². The fourth-order valence-corrected chi connectivity index (χ4v) is 5.16. The van der Waals surface area contributed by atoms with Crippen LogP contribution in [-0.4, -0.2) is 6.61 Å². The Kier molecular flexibility index (Phi) is 7.16. The van der Waals surface area contributed by atoms with E-state index >= 15 is 0 Å². The Morgan fingerprint density at radius 1 is 0.920 bits per heavy atom. The lowest BCUT2D eigenvalue weighted by Gasteiger charge is -2.38. The van der Waals surface area contributed by atoms with E-state index in [0.29, 0.717) is 0 Å². The van der Waals surface area contributed by atoms with E-state index in [2.05, 4.69) is 43.8 Å². The quantitative estimate of drug-likeness (QED) is 0.492. The van der Waals surface area contributed by atoms with Crippen molar-refractivity contribution >= 4 is 0 Å². The third-order valence-corrected chi connectivity index (χ3v) is 6.75. The van der Waals surface area contributed by atoms with Gasteiger partial charge in [0.1, 0.15) is 0 Å². The molecular formula is C24H36O. The van der Waals surface area contributed by atoms with Crippen molar-refractivity contribution in [1.82, 2.24) is 0 Å². The molecule has 2 saturated carbocycles. The van der Waals surface area contributed by atoms with E-state index in [-0.39, 0.29) is 0 Å². The van der Waals surface area contributed by atoms with Gasteiger partial charge in [0.2, 0.25) is 0 Å². The van der Waals surface area contributed by atoms with Gasteiger partial charge < -0.3 is 4.74 Å². The van der Waals surface area contributed by atoms with Crippen molar-refractivity contribution in [1.29, 1.82) is 0 Å². The molecule has 0 heterocycles. The van der Waals surface area contributed by atoms with Gasteiger partial charge in [0, 0.05) is 6.61 Å². The molecule has 0 atom stereocenters. The van der Waals surface area contributed by atoms with Gasteiger partial charge in [0.25, 0.3) is 0 Å². The van der Waals surface area contributed by atoms with Crippen molar-refractivity contribution in [2.45, 2.75) is 77.2 Å². The van der Waals surface area contributed by atoms with Crippen molar-refractivity contribution in [2.75, 3.05) is 6.61 Å². The van der Waals surface area contributed by atoms with Gasteiger partial charge in [-0.2, -0.15) is 0 Å². The van der Waals surface area contributed by atoms with Crippen LogP contribution in [-0.2, 0) is 11.3 Å². The molecule has 25 heavy (non-hydrogen) atoms. The Bertz CT molecular complexity index is 501. The molecular weight excluding hydrogens is 304 g/mol. The van der Waals surface area contributed by atoms with Gasteiger partial charge in [0.15, 0.2) is 0 Å². The van der Waals surface area contributed by atoms with Crippen molar-refractivity contribution in [2.24, 2.45) is 17.8 Å². The highest BCUT2D eigenvalue weighted by Gasteiger charge is 2.30. The van der Waals surface area contributed by atoms with E-state index in [4.69, 9.17) is 4.74 Å². The number of hydrogen-bond acceptors (Lipinski definition) is 1. The Morgan fingerprint density at radius 2 is 1.52 bits per heavy atom. The standard InChI is InChI=1S/C24H36O/c1-3-5-19-6-10-21(11-7-19)23-14-16-24(17-15-23)22-12-8-20(9-13-22)18-25-4-2/h3,8-9,12-13,19,21,23-24H,1,4-7,10-11,14-18H2,2H3/t19-,21-,23-,24-. The molecule has 2 aliphatic carbocycles. The van der Waals surface area contributed by atoms with E-state index < -0.39 is 0 Å². The average Bonchev–Trinajstić information content (AvgIpc) is 2.68. The summed E-state index contributed by atoms with van der Waals surface area (Å²) in [6.07, 6.45) is 14.9. The van der Waals surface area contributed by atoms with Gasteiger partial charge in [-0.3, -0.25) is 0 Å². The van der Waals surface area contributed by atoms with E-state index in [1.54, 1.807) is 5.56 Å². The Hall–Kier alpha value is -1.08. The van der Waals surface area contributed by atoms with Crippen LogP contribution in [0, 0.1) is 17.8 Å². The Labute approximate surface area is 154 Å². The smallest absolute Gasteiger partial charge is 0.0716 e. The first-order valence-electron chi connectivity index (χ1n) is 10.6. The molecule has 0 radical (unpaired) electrons. The predicted octanol–water partition coefficient (Wildman–Crippen LogP) is 6.88. The zero-order valence-corrected chi connectivity index (χ0v) is 16.1. The molecule has 1 aromatic carbocycles. The molecule has 0 spiro atoms. The fraction of sp³-hybridized carbons (Fsp3) is 0.667. The number of rotatable bonds is 7. The van der Waals surface area contributed by atoms with Crippen molar-refractivity contribution in [3.05, 3.63) is 48.0 Å². The second kappa shape index (κ2) is 9.57. The highest BCUT2D eigenvalue weighted by Crippen LogP contribution is 2.44. The maximum Gasteiger partial charge on any atom is 0.0716 e. The van der Waals surface area contributed by atoms with E-state index in [0.717, 1.165) is 36.9 Å². The van der Waals surface area contributed by atoms with Gasteiger partial charge in [0.05, 0.1) is 6.61 Å². The summed E-state index contributed by atoms with van der Waals surface area (Å²) in [6, 6.07) is 9.22. The number of hydrogen-bond donors (Lipinski definition) is 0. The van der Waals surface area contributed by atoms with Gasteiger partial charge in [-0.15, -0.1) is 6.58 Å². The normalized spacial score (nSPS) is 30.1. The third-order valence-electron chi connectivity index (χ3n) is 6.75. The molecule has 1 nitrogen and oxygen atoms in total. The summed E-state index contributed by atoms with van der Waals surface area (Å²) in [6.45, 7) is 7.51. The van der Waals surface area contributed by atoms with E-state index in [1.807, 2.05) is 0 Å². The molecule has 0 saturated heterocycles. The first-order chi connectivity index (χ1) is 12.3. The SMILES string of the molecule is C=CC[C@H]1CC[C@H]([C@H]2CC[C@H](c3ccc(COCC)cc3)CC2)CC1. The summed E-state index contributed by atoms with van der Waals surface area (Å²) in [5, 5.41) is 0. The zero-order valence-electron chi connectivity index (χ0n) is 16.1. The number of allylic oxidation sites excluding steroid dienone is 1. The largest absolute Gasteiger partial charge is 0.377 e. The highest BCUT2D eigenvalue weighted by atomic mass is 16.5. The molecule has 3 rings (SSSR count). The predicted molar refractivity (Wildman–Crippen MR) is 107 cm³/mol. The van der Waals surface area contributed by atoms with Crippen LogP contribution in [0.2, 0.25) is 0 Å². The van der Waals surface area contributed by atoms with Crippen LogP contribution in [0.1, 0.15) is 81.8 Å². The van der Waals surface area contributed by atoms with Crippen molar-refractivity contribution < 1.29 is 4.74 Å². The molecule has 0 aliphatic heterocycles. The first kappa shape index (κ1) is 18.7. The maximum atomic E-state index is 5.50. The Morgan fingerprint density at radius 3 is 2.08 bits per heavy atom. The minimum Gasteiger partial charge on any atom is -0.377 e. The molecule has 2 aliphatic rings. The molecule has 0 aromatic heterocycles. The molecule has 138 valence electrons. The average molecular weight is 341 g/mol. The van der Waals surface area contributed by atoms with Crippen LogP contribution in [0.15, 0.2) is 36.9 Å². The second-order valence-electron chi connectivity index (χ2n) is 8.30. The lowest BCUT2D eigenvalue weighted by atomic mass is 9.68. The summed E-state index contributed by atoms with van der Waals surface area (Å²) < 4.78 is 5.50. The van der Waals surface area contributed by atoms with E-state index in [1.165, 1.54) is 63.4 Å². The van der Waals surface area contributed by atoms with Crippen molar-refractivity contribution in [3.8, 4) is 0 Å². The highest BCUT2D eigenvalue weighted by molar-refractivity contribution is 5.25. The van der Waals surface area contributed by atoms with Gasteiger partial charge in [-0.1, -0.05) is 30.3 Å². The summed E-state index contributed by atoms with van der Waals surface area (Å²) in [4.78, 5) is 0. The molecule has 0 N–H and O–H groups in total. The first-order valence-corrected chi connectivity index (χ1v) is 10.6. The molecule has 1 aromatic rings. The molecule has 2 fully saturated rings.